The number of guanidine groups is 1. The third-order valence-corrected chi connectivity index (χ3v) is 5.13. The molecular weight excluding hydrogens is 507 g/mol. The quantitative estimate of drug-likeness (QED) is 0.338. The van der Waals surface area contributed by atoms with Crippen LogP contribution in [0, 0.1) is 6.92 Å². The number of benzene rings is 2. The predicted octanol–water partition coefficient (Wildman–Crippen LogP) is 4.30. The summed E-state index contributed by atoms with van der Waals surface area (Å²) in [6, 6.07) is 16.3. The third-order valence-electron chi connectivity index (χ3n) is 5.13. The van der Waals surface area contributed by atoms with Crippen molar-refractivity contribution in [2.24, 2.45) is 4.99 Å². The lowest BCUT2D eigenvalue weighted by Gasteiger charge is -2.32. The molecule has 31 heavy (non-hydrogen) atoms. The fourth-order valence-corrected chi connectivity index (χ4v) is 3.46. The lowest BCUT2D eigenvalue weighted by Crippen LogP contribution is -2.49. The molecule has 2 N–H and O–H groups in total. The summed E-state index contributed by atoms with van der Waals surface area (Å²) in [5.41, 5.74) is 2.20. The van der Waals surface area contributed by atoms with Gasteiger partial charge in [-0.05, 0) is 43.5 Å². The van der Waals surface area contributed by atoms with Gasteiger partial charge in [-0.15, -0.1) is 24.0 Å². The van der Waals surface area contributed by atoms with Gasteiger partial charge in [0.05, 0.1) is 7.11 Å². The molecule has 2 aromatic rings. The molecule has 0 spiro atoms. The number of carbonyl (C=O) groups excluding carboxylic acids is 1. The van der Waals surface area contributed by atoms with Gasteiger partial charge in [-0.1, -0.05) is 30.3 Å². The van der Waals surface area contributed by atoms with Crippen LogP contribution in [0.3, 0.4) is 0 Å². The highest BCUT2D eigenvalue weighted by Crippen LogP contribution is 2.25. The highest BCUT2D eigenvalue weighted by atomic mass is 127. The Balaban J connectivity index is 0.00000341. The highest BCUT2D eigenvalue weighted by Gasteiger charge is 2.23. The molecular formula is C23H31IN4O3. The summed E-state index contributed by atoms with van der Waals surface area (Å²) in [5.74, 6) is 2.37. The van der Waals surface area contributed by atoms with Gasteiger partial charge in [-0.25, -0.2) is 4.79 Å². The molecule has 0 aliphatic carbocycles. The minimum Gasteiger partial charge on any atom is -0.457 e. The summed E-state index contributed by atoms with van der Waals surface area (Å²) in [6.45, 7) is 3.98. The molecule has 0 atom stereocenters. The van der Waals surface area contributed by atoms with Crippen LogP contribution >= 0.6 is 24.0 Å². The summed E-state index contributed by atoms with van der Waals surface area (Å²) >= 11 is 0. The number of likely N-dealkylation sites (tertiary alicyclic amines) is 1. The maximum absolute atomic E-state index is 11.6. The van der Waals surface area contributed by atoms with Crippen LogP contribution in [0.25, 0.3) is 0 Å². The molecule has 0 radical (unpaired) electrons. The fourth-order valence-electron chi connectivity index (χ4n) is 3.46. The first kappa shape index (κ1) is 24.8. The number of nitrogens with zero attached hydrogens (tertiary/aromatic N) is 2. The first-order chi connectivity index (χ1) is 14.6. The molecule has 0 bridgehead atoms. The highest BCUT2D eigenvalue weighted by molar-refractivity contribution is 14.0. The molecule has 1 aliphatic rings. The zero-order valence-corrected chi connectivity index (χ0v) is 20.6. The summed E-state index contributed by atoms with van der Waals surface area (Å²) < 4.78 is 10.9. The lowest BCUT2D eigenvalue weighted by atomic mass is 10.1. The number of aryl methyl sites for hydroxylation is 1. The van der Waals surface area contributed by atoms with E-state index in [0.29, 0.717) is 19.6 Å². The van der Waals surface area contributed by atoms with Crippen molar-refractivity contribution in [1.82, 2.24) is 15.5 Å². The Morgan fingerprint density at radius 1 is 1.16 bits per heavy atom. The number of hydrogen-bond donors (Lipinski definition) is 2. The number of hydrogen-bond acceptors (Lipinski definition) is 4. The maximum atomic E-state index is 11.6. The van der Waals surface area contributed by atoms with Crippen molar-refractivity contribution in [2.75, 3.05) is 27.2 Å². The molecule has 0 saturated carbocycles. The second-order valence-corrected chi connectivity index (χ2v) is 7.33. The van der Waals surface area contributed by atoms with Crippen molar-refractivity contribution in [3.8, 4) is 11.5 Å². The maximum Gasteiger partial charge on any atom is 0.409 e. The van der Waals surface area contributed by atoms with Crippen LogP contribution in [0.5, 0.6) is 11.5 Å². The van der Waals surface area contributed by atoms with Gasteiger partial charge in [0.25, 0.3) is 0 Å². The second-order valence-electron chi connectivity index (χ2n) is 7.33. The molecule has 1 fully saturated rings. The van der Waals surface area contributed by atoms with E-state index in [1.54, 1.807) is 11.9 Å². The van der Waals surface area contributed by atoms with E-state index >= 15 is 0 Å². The standard InChI is InChI=1S/C23H30N4O3.HI/c1-17-7-6-9-20(15-17)30-21-10-5-4-8-18(21)16-25-22(24-2)26-19-11-13-27(14-12-19)23(28)29-3;/h4-10,15,19H,11-14,16H2,1-3H3,(H2,24,25,26);1H. The number of halogens is 1. The van der Waals surface area contributed by atoms with Gasteiger partial charge in [-0.3, -0.25) is 4.99 Å². The van der Waals surface area contributed by atoms with Gasteiger partial charge in [0, 0.05) is 38.3 Å². The number of piperidine rings is 1. The smallest absolute Gasteiger partial charge is 0.409 e. The number of methoxy groups -OCH3 is 1. The Morgan fingerprint density at radius 3 is 2.58 bits per heavy atom. The van der Waals surface area contributed by atoms with Gasteiger partial charge in [0.15, 0.2) is 5.96 Å². The molecule has 1 saturated heterocycles. The minimum atomic E-state index is -0.263. The molecule has 2 aromatic carbocycles. The number of nitrogens with one attached hydrogen (secondary N) is 2. The first-order valence-corrected chi connectivity index (χ1v) is 10.2. The zero-order valence-electron chi connectivity index (χ0n) is 18.3. The SMILES string of the molecule is CN=C(NCc1ccccc1Oc1cccc(C)c1)NC1CCN(C(=O)OC)CC1.I. The number of rotatable bonds is 5. The molecule has 3 rings (SSSR count). The van der Waals surface area contributed by atoms with Crippen molar-refractivity contribution in [3.05, 3.63) is 59.7 Å². The van der Waals surface area contributed by atoms with Gasteiger partial charge >= 0.3 is 6.09 Å². The van der Waals surface area contributed by atoms with E-state index in [-0.39, 0.29) is 36.1 Å². The summed E-state index contributed by atoms with van der Waals surface area (Å²) in [5, 5.41) is 6.82. The predicted molar refractivity (Wildman–Crippen MR) is 133 cm³/mol. The summed E-state index contributed by atoms with van der Waals surface area (Å²) in [6.07, 6.45) is 1.44. The van der Waals surface area contributed by atoms with Crippen LogP contribution < -0.4 is 15.4 Å². The monoisotopic (exact) mass is 538 g/mol. The van der Waals surface area contributed by atoms with Gasteiger partial charge in [0.1, 0.15) is 11.5 Å². The van der Waals surface area contributed by atoms with Crippen LogP contribution in [0.15, 0.2) is 53.5 Å². The van der Waals surface area contributed by atoms with Crippen molar-refractivity contribution in [2.45, 2.75) is 32.4 Å². The van der Waals surface area contributed by atoms with Gasteiger partial charge in [0.2, 0.25) is 0 Å². The second kappa shape index (κ2) is 12.4. The average Bonchev–Trinajstić information content (AvgIpc) is 2.77. The number of para-hydroxylation sites is 1. The normalized spacial score (nSPS) is 14.4. The molecule has 0 aromatic heterocycles. The molecule has 168 valence electrons. The van der Waals surface area contributed by atoms with Gasteiger partial charge < -0.3 is 25.0 Å². The van der Waals surface area contributed by atoms with E-state index in [2.05, 4.69) is 15.6 Å². The number of carbonyl (C=O) groups is 1. The number of amides is 1. The van der Waals surface area contributed by atoms with Crippen LogP contribution in [-0.2, 0) is 11.3 Å². The topological polar surface area (TPSA) is 75.2 Å². The Labute approximate surface area is 201 Å². The van der Waals surface area contributed by atoms with Crippen molar-refractivity contribution < 1.29 is 14.3 Å². The molecule has 8 heteroatoms. The Hall–Kier alpha value is -2.49. The van der Waals surface area contributed by atoms with Crippen molar-refractivity contribution in [3.63, 3.8) is 0 Å². The van der Waals surface area contributed by atoms with E-state index in [1.807, 2.05) is 55.5 Å². The van der Waals surface area contributed by atoms with Gasteiger partial charge in [-0.2, -0.15) is 0 Å². The summed E-state index contributed by atoms with van der Waals surface area (Å²) in [7, 11) is 3.17. The zero-order chi connectivity index (χ0) is 21.3. The van der Waals surface area contributed by atoms with Crippen LogP contribution in [0.2, 0.25) is 0 Å². The molecule has 1 aliphatic heterocycles. The third kappa shape index (κ3) is 7.30. The molecule has 1 amide bonds. The van der Waals surface area contributed by atoms with Crippen LogP contribution in [0.1, 0.15) is 24.0 Å². The molecule has 1 heterocycles. The largest absolute Gasteiger partial charge is 0.457 e. The molecule has 7 nitrogen and oxygen atoms in total. The van der Waals surface area contributed by atoms with Crippen molar-refractivity contribution in [1.29, 1.82) is 0 Å². The molecule has 0 unspecified atom stereocenters. The van der Waals surface area contributed by atoms with E-state index in [0.717, 1.165) is 41.4 Å². The van der Waals surface area contributed by atoms with E-state index < -0.39 is 0 Å². The summed E-state index contributed by atoms with van der Waals surface area (Å²) in [4.78, 5) is 17.7. The van der Waals surface area contributed by atoms with E-state index in [1.165, 1.54) is 7.11 Å². The minimum absolute atomic E-state index is 0. The average molecular weight is 538 g/mol. The number of ether oxygens (including phenoxy) is 2. The van der Waals surface area contributed by atoms with E-state index in [9.17, 15) is 4.79 Å². The Kier molecular flexibility index (Phi) is 9.90. The number of aliphatic imine (C=N–C) groups is 1. The van der Waals surface area contributed by atoms with Crippen molar-refractivity contribution >= 4 is 36.0 Å². The lowest BCUT2D eigenvalue weighted by molar-refractivity contribution is 0.111. The Morgan fingerprint density at radius 2 is 1.90 bits per heavy atom. The first-order valence-electron chi connectivity index (χ1n) is 10.2. The van der Waals surface area contributed by atoms with Crippen LogP contribution in [0.4, 0.5) is 4.79 Å². The Bertz CT molecular complexity index is 883. The van der Waals surface area contributed by atoms with E-state index in [4.69, 9.17) is 9.47 Å². The fraction of sp³-hybridized carbons (Fsp3) is 0.391. The van der Waals surface area contributed by atoms with Crippen LogP contribution in [-0.4, -0.2) is 50.2 Å².